The average molecular weight is 460 g/mol. The number of ether oxygens (including phenoxy) is 3. The smallest absolute Gasteiger partial charge is 0.193 e. The van der Waals surface area contributed by atoms with Crippen molar-refractivity contribution >= 4 is 17.9 Å². The number of aromatic amines is 2. The quantitative estimate of drug-likeness (QED) is 0.411. The maximum atomic E-state index is 13.0. The van der Waals surface area contributed by atoms with Crippen molar-refractivity contribution < 1.29 is 14.2 Å². The molecule has 0 amide bonds. The van der Waals surface area contributed by atoms with E-state index in [0.717, 1.165) is 35.6 Å². The summed E-state index contributed by atoms with van der Waals surface area (Å²) in [6.45, 7) is 5.54. The Balaban J connectivity index is 1.77. The van der Waals surface area contributed by atoms with Crippen LogP contribution >= 0.6 is 12.2 Å². The van der Waals surface area contributed by atoms with E-state index in [1.165, 1.54) is 0 Å². The summed E-state index contributed by atoms with van der Waals surface area (Å²) in [4.78, 5) is 16.0. The van der Waals surface area contributed by atoms with Crippen molar-refractivity contribution in [1.29, 1.82) is 0 Å². The van der Waals surface area contributed by atoms with E-state index in [4.69, 9.17) is 26.4 Å². The van der Waals surface area contributed by atoms with Crippen molar-refractivity contribution in [2.45, 2.75) is 39.0 Å². The summed E-state index contributed by atoms with van der Waals surface area (Å²) >= 11 is 5.08. The van der Waals surface area contributed by atoms with Gasteiger partial charge in [0.2, 0.25) is 0 Å². The summed E-state index contributed by atoms with van der Waals surface area (Å²) < 4.78 is 19.3. The number of methoxy groups -OCH3 is 2. The fourth-order valence-electron chi connectivity index (χ4n) is 4.18. The highest BCUT2D eigenvalue weighted by Crippen LogP contribution is 2.39. The summed E-state index contributed by atoms with van der Waals surface area (Å²) in [5.74, 6) is 1.52. The molecule has 0 radical (unpaired) electrons. The van der Waals surface area contributed by atoms with Gasteiger partial charge in [-0.05, 0) is 36.2 Å². The lowest BCUT2D eigenvalue weighted by atomic mass is 9.88. The summed E-state index contributed by atoms with van der Waals surface area (Å²) in [7, 11) is 3.31. The predicted molar refractivity (Wildman–Crippen MR) is 123 cm³/mol. The van der Waals surface area contributed by atoms with Crippen molar-refractivity contribution in [3.63, 3.8) is 0 Å². The summed E-state index contributed by atoms with van der Waals surface area (Å²) in [6.07, 6.45) is 5.08. The number of allylic oxidation sites excluding steroid dienone is 2. The normalized spacial score (nSPS) is 20.0. The first-order chi connectivity index (χ1) is 15.4. The molecular formula is C22H29N5O4S. The number of nitrogens with zero attached hydrogens (tertiary/aromatic N) is 2. The number of H-pyrrole nitrogens is 2. The van der Waals surface area contributed by atoms with Crippen LogP contribution in [0.25, 0.3) is 17.1 Å². The highest BCUT2D eigenvalue weighted by atomic mass is 32.1. The molecule has 3 N–H and O–H groups in total. The van der Waals surface area contributed by atoms with Gasteiger partial charge in [0.25, 0.3) is 0 Å². The molecular weight excluding hydrogens is 430 g/mol. The van der Waals surface area contributed by atoms with Gasteiger partial charge in [-0.3, -0.25) is 9.89 Å². The van der Waals surface area contributed by atoms with E-state index in [0.29, 0.717) is 35.3 Å². The molecule has 9 nitrogen and oxygen atoms in total. The summed E-state index contributed by atoms with van der Waals surface area (Å²) in [5, 5.41) is 10.3. The van der Waals surface area contributed by atoms with Gasteiger partial charge in [0, 0.05) is 45.6 Å². The van der Waals surface area contributed by atoms with Gasteiger partial charge in [-0.25, -0.2) is 0 Å². The Morgan fingerprint density at radius 3 is 2.78 bits per heavy atom. The summed E-state index contributed by atoms with van der Waals surface area (Å²) in [5.41, 5.74) is 3.16. The zero-order valence-electron chi connectivity index (χ0n) is 18.7. The third kappa shape index (κ3) is 4.30. The van der Waals surface area contributed by atoms with E-state index in [9.17, 15) is 4.79 Å². The van der Waals surface area contributed by atoms with E-state index in [1.54, 1.807) is 20.3 Å². The molecule has 0 saturated carbocycles. The van der Waals surface area contributed by atoms with Crippen LogP contribution in [0, 0.1) is 10.7 Å². The van der Waals surface area contributed by atoms with Crippen molar-refractivity contribution in [3.8, 4) is 11.4 Å². The van der Waals surface area contributed by atoms with E-state index in [2.05, 4.69) is 45.0 Å². The fourth-order valence-corrected chi connectivity index (χ4v) is 4.32. The third-order valence-electron chi connectivity index (χ3n) is 5.82. The largest absolute Gasteiger partial charge is 0.493 e. The molecule has 2 aromatic rings. The van der Waals surface area contributed by atoms with Crippen molar-refractivity contribution in [1.82, 2.24) is 25.1 Å². The Morgan fingerprint density at radius 2 is 2.12 bits per heavy atom. The van der Waals surface area contributed by atoms with Gasteiger partial charge >= 0.3 is 0 Å². The standard InChI is InChI=1S/C22H29N5O4S/c1-12(2)15-8-13-9-18(31-7-5-6-29-3)21(30-4)23-19(13)16-10-17(28)14(11-27(15)16)20-24-22(32)26-25-20/h9-12,15,21,23H,5-8H2,1-4H3,(H2,24,25,26,32)/t15?,21-/m0/s1. The van der Waals surface area contributed by atoms with E-state index in [1.807, 2.05) is 6.20 Å². The molecule has 2 aliphatic rings. The number of dihydropyridines is 1. The topological polar surface area (TPSA) is 106 Å². The van der Waals surface area contributed by atoms with Gasteiger partial charge in [0.15, 0.2) is 22.3 Å². The van der Waals surface area contributed by atoms with Gasteiger partial charge in [-0.1, -0.05) is 13.8 Å². The Hall–Kier alpha value is -2.69. The molecule has 0 aromatic carbocycles. The number of pyridine rings is 1. The van der Waals surface area contributed by atoms with Gasteiger partial charge in [0.1, 0.15) is 5.76 Å². The van der Waals surface area contributed by atoms with Crippen molar-refractivity contribution in [3.05, 3.63) is 50.4 Å². The van der Waals surface area contributed by atoms with Crippen LogP contribution in [-0.2, 0) is 14.2 Å². The molecule has 2 atom stereocenters. The van der Waals surface area contributed by atoms with Gasteiger partial charge in [0.05, 0.1) is 23.6 Å². The van der Waals surface area contributed by atoms with Crippen molar-refractivity contribution in [2.24, 2.45) is 5.92 Å². The maximum absolute atomic E-state index is 13.0. The lowest BCUT2D eigenvalue weighted by Gasteiger charge is -2.38. The monoisotopic (exact) mass is 459 g/mol. The minimum atomic E-state index is -0.433. The van der Waals surface area contributed by atoms with Crippen LogP contribution in [0.1, 0.15) is 38.4 Å². The zero-order chi connectivity index (χ0) is 22.8. The average Bonchev–Trinajstić information content (AvgIpc) is 3.21. The number of hydrogen-bond donors (Lipinski definition) is 3. The molecule has 0 bridgehead atoms. The van der Waals surface area contributed by atoms with Crippen molar-refractivity contribution in [2.75, 3.05) is 27.4 Å². The Morgan fingerprint density at radius 1 is 1.31 bits per heavy atom. The minimum Gasteiger partial charge on any atom is -0.493 e. The van der Waals surface area contributed by atoms with E-state index < -0.39 is 6.23 Å². The van der Waals surface area contributed by atoms with Crippen LogP contribution in [0.15, 0.2) is 34.5 Å². The maximum Gasteiger partial charge on any atom is 0.193 e. The second kappa shape index (κ2) is 9.43. The molecule has 2 aliphatic heterocycles. The summed E-state index contributed by atoms with van der Waals surface area (Å²) in [6, 6.07) is 1.82. The van der Waals surface area contributed by atoms with Gasteiger partial charge < -0.3 is 29.1 Å². The Labute approximate surface area is 191 Å². The molecule has 1 unspecified atom stereocenters. The van der Waals surface area contributed by atoms with Gasteiger partial charge in [-0.15, -0.1) is 0 Å². The number of aromatic nitrogens is 4. The minimum absolute atomic E-state index is 0.133. The zero-order valence-corrected chi connectivity index (χ0v) is 19.5. The molecule has 0 aliphatic carbocycles. The van der Waals surface area contributed by atoms with Crippen LogP contribution in [0.3, 0.4) is 0 Å². The molecule has 4 rings (SSSR count). The third-order valence-corrected chi connectivity index (χ3v) is 6.01. The number of hydrogen-bond acceptors (Lipinski definition) is 7. The second-order valence-corrected chi connectivity index (χ2v) is 8.70. The lowest BCUT2D eigenvalue weighted by molar-refractivity contribution is 0.0444. The van der Waals surface area contributed by atoms with Crippen LogP contribution in [-0.4, -0.2) is 53.4 Å². The Kier molecular flexibility index (Phi) is 6.63. The number of fused-ring (bicyclic) bond motifs is 2. The van der Waals surface area contributed by atoms with E-state index >= 15 is 0 Å². The van der Waals surface area contributed by atoms with Crippen LogP contribution in [0.2, 0.25) is 0 Å². The molecule has 32 heavy (non-hydrogen) atoms. The van der Waals surface area contributed by atoms with Crippen LogP contribution < -0.4 is 10.7 Å². The first-order valence-electron chi connectivity index (χ1n) is 10.7. The van der Waals surface area contributed by atoms with E-state index in [-0.39, 0.29) is 11.5 Å². The molecule has 0 saturated heterocycles. The second-order valence-electron chi connectivity index (χ2n) is 8.29. The molecule has 10 heteroatoms. The van der Waals surface area contributed by atoms with Crippen LogP contribution in [0.4, 0.5) is 0 Å². The highest BCUT2D eigenvalue weighted by molar-refractivity contribution is 7.71. The Bertz CT molecular complexity index is 1160. The molecule has 0 fully saturated rings. The fraction of sp³-hybridized carbons (Fsp3) is 0.500. The highest BCUT2D eigenvalue weighted by Gasteiger charge is 2.33. The molecule has 2 aromatic heterocycles. The lowest BCUT2D eigenvalue weighted by Crippen LogP contribution is -2.40. The molecule has 0 spiro atoms. The first-order valence-corrected chi connectivity index (χ1v) is 11.1. The van der Waals surface area contributed by atoms with Crippen LogP contribution in [0.5, 0.6) is 0 Å². The molecule has 172 valence electrons. The first kappa shape index (κ1) is 22.5. The molecule has 4 heterocycles. The number of nitrogens with one attached hydrogen (secondary N) is 3. The predicted octanol–water partition coefficient (Wildman–Crippen LogP) is 3.12. The van der Waals surface area contributed by atoms with Gasteiger partial charge in [-0.2, -0.15) is 5.10 Å². The number of rotatable bonds is 8. The SMILES string of the molecule is COCCCOC1=CC2=C(N[C@H]1OC)c1cc(=O)c(-c3n[nH]c(=S)[nH]3)cn1C(C(C)C)C2.